The quantitative estimate of drug-likeness (QED) is 0.362. The standard InChI is InChI=1S/C24H18O4S2/c1-29(25,26)17-5-9-19-15(13-17)3-7-23-21(19)11-12-22-20-10-6-18(30(2,27)28)14-16(20)4-8-24(22)23/h3-14H,1-2H3. The Hall–Kier alpha value is -2.96. The van der Waals surface area contributed by atoms with Crippen LogP contribution in [0.4, 0.5) is 0 Å². The van der Waals surface area contributed by atoms with Gasteiger partial charge in [-0.3, -0.25) is 0 Å². The van der Waals surface area contributed by atoms with Crippen molar-refractivity contribution in [3.05, 3.63) is 72.8 Å². The Balaban J connectivity index is 1.82. The van der Waals surface area contributed by atoms with Crippen molar-refractivity contribution in [1.82, 2.24) is 0 Å². The van der Waals surface area contributed by atoms with E-state index < -0.39 is 19.7 Å². The fraction of sp³-hybridized carbons (Fsp3) is 0.0833. The van der Waals surface area contributed by atoms with E-state index in [1.807, 2.05) is 48.5 Å². The average molecular weight is 435 g/mol. The van der Waals surface area contributed by atoms with Crippen LogP contribution >= 0.6 is 0 Å². The molecule has 4 nitrogen and oxygen atoms in total. The van der Waals surface area contributed by atoms with Crippen LogP contribution in [0.15, 0.2) is 82.6 Å². The third-order valence-corrected chi connectivity index (χ3v) is 7.85. The average Bonchev–Trinajstić information content (AvgIpc) is 2.70. The molecule has 5 aromatic rings. The topological polar surface area (TPSA) is 68.3 Å². The van der Waals surface area contributed by atoms with E-state index >= 15 is 0 Å². The van der Waals surface area contributed by atoms with E-state index in [2.05, 4.69) is 0 Å². The van der Waals surface area contributed by atoms with Crippen LogP contribution in [0, 0.1) is 0 Å². The van der Waals surface area contributed by atoms with Gasteiger partial charge in [-0.2, -0.15) is 0 Å². The van der Waals surface area contributed by atoms with Gasteiger partial charge in [0.1, 0.15) is 0 Å². The maximum atomic E-state index is 11.9. The van der Waals surface area contributed by atoms with E-state index in [-0.39, 0.29) is 0 Å². The van der Waals surface area contributed by atoms with Gasteiger partial charge in [0.25, 0.3) is 0 Å². The molecule has 0 bridgehead atoms. The summed E-state index contributed by atoms with van der Waals surface area (Å²) in [6, 6.07) is 22.5. The highest BCUT2D eigenvalue weighted by molar-refractivity contribution is 7.91. The number of hydrogen-bond acceptors (Lipinski definition) is 4. The molecular weight excluding hydrogens is 416 g/mol. The van der Waals surface area contributed by atoms with Crippen molar-refractivity contribution in [2.75, 3.05) is 12.5 Å². The molecule has 0 N–H and O–H groups in total. The molecule has 0 saturated heterocycles. The minimum atomic E-state index is -3.26. The van der Waals surface area contributed by atoms with Gasteiger partial charge in [-0.15, -0.1) is 0 Å². The molecule has 30 heavy (non-hydrogen) atoms. The lowest BCUT2D eigenvalue weighted by molar-refractivity contribution is 0.600. The molecule has 0 aliphatic carbocycles. The Morgan fingerprint density at radius 2 is 0.733 bits per heavy atom. The predicted octanol–water partition coefficient (Wildman–Crippen LogP) is 5.11. The molecule has 150 valence electrons. The van der Waals surface area contributed by atoms with E-state index in [0.717, 1.165) is 43.1 Å². The Morgan fingerprint density at radius 3 is 1.10 bits per heavy atom. The van der Waals surface area contributed by atoms with Crippen LogP contribution in [0.2, 0.25) is 0 Å². The van der Waals surface area contributed by atoms with Crippen LogP contribution in [0.1, 0.15) is 0 Å². The zero-order chi connectivity index (χ0) is 21.3. The molecule has 0 aliphatic heterocycles. The minimum absolute atomic E-state index is 0.308. The van der Waals surface area contributed by atoms with Gasteiger partial charge in [0.15, 0.2) is 19.7 Å². The minimum Gasteiger partial charge on any atom is -0.224 e. The van der Waals surface area contributed by atoms with Gasteiger partial charge >= 0.3 is 0 Å². The zero-order valence-electron chi connectivity index (χ0n) is 16.4. The molecule has 5 aromatic carbocycles. The van der Waals surface area contributed by atoms with Crippen LogP contribution in [-0.2, 0) is 19.7 Å². The van der Waals surface area contributed by atoms with Crippen LogP contribution in [-0.4, -0.2) is 29.3 Å². The lowest BCUT2D eigenvalue weighted by Crippen LogP contribution is -1.96. The highest BCUT2D eigenvalue weighted by Crippen LogP contribution is 2.35. The van der Waals surface area contributed by atoms with Crippen molar-refractivity contribution < 1.29 is 16.8 Å². The first-order valence-corrected chi connectivity index (χ1v) is 13.1. The summed E-state index contributed by atoms with van der Waals surface area (Å²) in [5, 5.41) is 7.98. The van der Waals surface area contributed by atoms with Gasteiger partial charge < -0.3 is 0 Å². The number of sulfone groups is 2. The maximum Gasteiger partial charge on any atom is 0.175 e. The molecule has 6 heteroatoms. The van der Waals surface area contributed by atoms with Crippen molar-refractivity contribution in [1.29, 1.82) is 0 Å². The molecule has 0 atom stereocenters. The summed E-state index contributed by atoms with van der Waals surface area (Å²) in [6.07, 6.45) is 2.42. The van der Waals surface area contributed by atoms with Gasteiger partial charge in [-0.25, -0.2) is 16.8 Å². The number of hydrogen-bond donors (Lipinski definition) is 0. The molecule has 0 amide bonds. The first kappa shape index (κ1) is 19.0. The van der Waals surface area contributed by atoms with Crippen molar-refractivity contribution >= 4 is 62.8 Å². The summed E-state index contributed by atoms with van der Waals surface area (Å²) >= 11 is 0. The Morgan fingerprint density at radius 1 is 0.433 bits per heavy atom. The molecular formula is C24H18O4S2. The van der Waals surface area contributed by atoms with E-state index in [1.165, 1.54) is 12.5 Å². The Labute approximate surface area is 174 Å². The Kier molecular flexibility index (Phi) is 3.98. The SMILES string of the molecule is CS(=O)(=O)c1ccc2c(ccc3c2ccc2c4ccc(S(C)(=O)=O)cc4ccc23)c1. The summed E-state index contributed by atoms with van der Waals surface area (Å²) in [7, 11) is -6.53. The second-order valence-corrected chi connectivity index (χ2v) is 11.7. The Bertz CT molecular complexity index is 1600. The predicted molar refractivity (Wildman–Crippen MR) is 123 cm³/mol. The second-order valence-electron chi connectivity index (χ2n) is 7.70. The molecule has 0 spiro atoms. The molecule has 0 saturated carbocycles. The summed E-state index contributed by atoms with van der Waals surface area (Å²) in [4.78, 5) is 0.616. The van der Waals surface area contributed by atoms with Crippen molar-refractivity contribution in [3.8, 4) is 0 Å². The lowest BCUT2D eigenvalue weighted by Gasteiger charge is -2.11. The van der Waals surface area contributed by atoms with Crippen LogP contribution in [0.25, 0.3) is 43.1 Å². The number of fused-ring (bicyclic) bond motifs is 7. The maximum absolute atomic E-state index is 11.9. The summed E-state index contributed by atoms with van der Waals surface area (Å²) in [6.45, 7) is 0. The lowest BCUT2D eigenvalue weighted by atomic mass is 9.94. The normalized spacial score (nSPS) is 12.9. The fourth-order valence-corrected chi connectivity index (χ4v) is 5.43. The van der Waals surface area contributed by atoms with Crippen molar-refractivity contribution in [2.45, 2.75) is 9.79 Å². The molecule has 5 rings (SSSR count). The van der Waals surface area contributed by atoms with Crippen LogP contribution < -0.4 is 0 Å². The first-order valence-electron chi connectivity index (χ1n) is 9.35. The van der Waals surface area contributed by atoms with Crippen LogP contribution in [0.5, 0.6) is 0 Å². The first-order chi connectivity index (χ1) is 14.1. The molecule has 0 aliphatic rings. The van der Waals surface area contributed by atoms with Gasteiger partial charge in [0.05, 0.1) is 9.79 Å². The van der Waals surface area contributed by atoms with Crippen molar-refractivity contribution in [3.63, 3.8) is 0 Å². The third kappa shape index (κ3) is 2.95. The number of rotatable bonds is 2. The summed E-state index contributed by atoms with van der Waals surface area (Å²) < 4.78 is 47.6. The van der Waals surface area contributed by atoms with Crippen LogP contribution in [0.3, 0.4) is 0 Å². The zero-order valence-corrected chi connectivity index (χ0v) is 18.0. The smallest absolute Gasteiger partial charge is 0.175 e. The molecule has 0 aromatic heterocycles. The fourth-order valence-electron chi connectivity index (χ4n) is 4.12. The van der Waals surface area contributed by atoms with Gasteiger partial charge in [0, 0.05) is 12.5 Å². The highest BCUT2D eigenvalue weighted by Gasteiger charge is 2.12. The molecule has 0 heterocycles. The van der Waals surface area contributed by atoms with Gasteiger partial charge in [-0.1, -0.05) is 48.5 Å². The van der Waals surface area contributed by atoms with Gasteiger partial charge in [0.2, 0.25) is 0 Å². The van der Waals surface area contributed by atoms with E-state index in [0.29, 0.717) is 9.79 Å². The summed E-state index contributed by atoms with van der Waals surface area (Å²) in [5.74, 6) is 0. The molecule has 0 radical (unpaired) electrons. The summed E-state index contributed by atoms with van der Waals surface area (Å²) in [5.41, 5.74) is 0. The third-order valence-electron chi connectivity index (χ3n) is 5.63. The monoisotopic (exact) mass is 434 g/mol. The van der Waals surface area contributed by atoms with E-state index in [9.17, 15) is 16.8 Å². The number of benzene rings is 5. The van der Waals surface area contributed by atoms with Gasteiger partial charge in [-0.05, 0) is 67.4 Å². The molecule has 0 unspecified atom stereocenters. The van der Waals surface area contributed by atoms with E-state index in [4.69, 9.17) is 0 Å². The largest absolute Gasteiger partial charge is 0.224 e. The second kappa shape index (κ2) is 6.27. The highest BCUT2D eigenvalue weighted by atomic mass is 32.2. The molecule has 0 fully saturated rings. The van der Waals surface area contributed by atoms with E-state index in [1.54, 1.807) is 24.3 Å². The van der Waals surface area contributed by atoms with Crippen molar-refractivity contribution in [2.24, 2.45) is 0 Å².